The Labute approximate surface area is 176 Å². The van der Waals surface area contributed by atoms with Gasteiger partial charge in [0.05, 0.1) is 5.60 Å². The first-order valence-corrected chi connectivity index (χ1v) is 12.1. The number of ketones is 1. The Kier molecular flexibility index (Phi) is 4.74. The zero-order valence-electron chi connectivity index (χ0n) is 18.3. The number of carbonyl (C=O) groups excluding carboxylic acids is 1. The molecule has 0 unspecified atom stereocenters. The molecule has 0 aliphatic heterocycles. The fourth-order valence-electron chi connectivity index (χ4n) is 8.56. The molecule has 0 radical (unpaired) electrons. The van der Waals surface area contributed by atoms with Gasteiger partial charge in [-0.25, -0.2) is 0 Å². The van der Waals surface area contributed by atoms with Gasteiger partial charge in [-0.2, -0.15) is 0 Å². The summed E-state index contributed by atoms with van der Waals surface area (Å²) in [5.74, 6) is 3.31. The number of hydrogen-bond donors (Lipinski definition) is 1. The number of Topliss-reactive ketones (excluding diaryl/α,β-unsaturated/α-hetero) is 1. The molecular formula is C27H38O2. The van der Waals surface area contributed by atoms with Crippen LogP contribution in [0.25, 0.3) is 0 Å². The molecule has 0 spiro atoms. The van der Waals surface area contributed by atoms with E-state index in [-0.39, 0.29) is 5.41 Å². The van der Waals surface area contributed by atoms with Crippen LogP contribution in [0.3, 0.4) is 0 Å². The molecule has 2 nitrogen and oxygen atoms in total. The van der Waals surface area contributed by atoms with Crippen molar-refractivity contribution < 1.29 is 9.90 Å². The van der Waals surface area contributed by atoms with Crippen LogP contribution in [0, 0.1) is 34.5 Å². The third-order valence-electron chi connectivity index (χ3n) is 10.5. The number of rotatable bonds is 3. The summed E-state index contributed by atoms with van der Waals surface area (Å²) in [5, 5.41) is 11.9. The summed E-state index contributed by atoms with van der Waals surface area (Å²) in [5.41, 5.74) is 1.26. The predicted octanol–water partition coefficient (Wildman–Crippen LogP) is 5.96. The monoisotopic (exact) mass is 394 g/mol. The predicted molar refractivity (Wildman–Crippen MR) is 116 cm³/mol. The number of hydrogen-bond acceptors (Lipinski definition) is 2. The average Bonchev–Trinajstić information content (AvgIpc) is 2.99. The van der Waals surface area contributed by atoms with Crippen molar-refractivity contribution in [1.29, 1.82) is 0 Å². The summed E-state index contributed by atoms with van der Waals surface area (Å²) in [6, 6.07) is 10.7. The molecule has 1 N–H and O–H groups in total. The Morgan fingerprint density at radius 1 is 0.966 bits per heavy atom. The van der Waals surface area contributed by atoms with Crippen LogP contribution in [0.2, 0.25) is 0 Å². The molecule has 29 heavy (non-hydrogen) atoms. The molecule has 4 saturated carbocycles. The minimum Gasteiger partial charge on any atom is -0.389 e. The van der Waals surface area contributed by atoms with E-state index in [1.54, 1.807) is 0 Å². The summed E-state index contributed by atoms with van der Waals surface area (Å²) in [6.45, 7) is 4.94. The summed E-state index contributed by atoms with van der Waals surface area (Å²) >= 11 is 0. The topological polar surface area (TPSA) is 37.3 Å². The van der Waals surface area contributed by atoms with E-state index in [2.05, 4.69) is 44.2 Å². The maximum absolute atomic E-state index is 12.1. The molecule has 4 aliphatic rings. The minimum atomic E-state index is -0.515. The fraction of sp³-hybridized carbons (Fsp3) is 0.741. The van der Waals surface area contributed by atoms with Crippen LogP contribution in [0.5, 0.6) is 0 Å². The van der Waals surface area contributed by atoms with Crippen molar-refractivity contribution in [3.05, 3.63) is 35.9 Å². The van der Waals surface area contributed by atoms with Crippen LogP contribution in [-0.2, 0) is 11.2 Å². The molecule has 4 aliphatic carbocycles. The highest BCUT2D eigenvalue weighted by atomic mass is 16.3. The molecule has 2 heteroatoms. The van der Waals surface area contributed by atoms with Crippen molar-refractivity contribution in [3.8, 4) is 0 Å². The van der Waals surface area contributed by atoms with E-state index in [0.29, 0.717) is 23.0 Å². The summed E-state index contributed by atoms with van der Waals surface area (Å²) in [7, 11) is 0. The first kappa shape index (κ1) is 19.8. The zero-order valence-corrected chi connectivity index (χ0v) is 18.3. The number of aryl methyl sites for hydroxylation is 1. The summed E-state index contributed by atoms with van der Waals surface area (Å²) in [4.78, 5) is 12.1. The second kappa shape index (κ2) is 6.94. The van der Waals surface area contributed by atoms with E-state index < -0.39 is 5.60 Å². The van der Waals surface area contributed by atoms with Crippen LogP contribution >= 0.6 is 0 Å². The van der Waals surface area contributed by atoms with E-state index in [9.17, 15) is 9.90 Å². The Morgan fingerprint density at radius 2 is 1.72 bits per heavy atom. The molecule has 0 bridgehead atoms. The average molecular weight is 395 g/mol. The van der Waals surface area contributed by atoms with E-state index in [1.165, 1.54) is 37.7 Å². The summed E-state index contributed by atoms with van der Waals surface area (Å²) in [6.07, 6.45) is 11.7. The van der Waals surface area contributed by atoms with Crippen LogP contribution < -0.4 is 0 Å². The van der Waals surface area contributed by atoms with Gasteiger partial charge >= 0.3 is 0 Å². The fourth-order valence-corrected chi connectivity index (χ4v) is 8.56. The van der Waals surface area contributed by atoms with Crippen LogP contribution in [0.4, 0.5) is 0 Å². The van der Waals surface area contributed by atoms with E-state index in [4.69, 9.17) is 0 Å². The van der Waals surface area contributed by atoms with Crippen molar-refractivity contribution in [1.82, 2.24) is 0 Å². The molecular weight excluding hydrogens is 356 g/mol. The quantitative estimate of drug-likeness (QED) is 0.686. The van der Waals surface area contributed by atoms with Gasteiger partial charge < -0.3 is 5.11 Å². The minimum absolute atomic E-state index is 0.0661. The molecule has 0 aromatic heterocycles. The van der Waals surface area contributed by atoms with Crippen molar-refractivity contribution >= 4 is 5.78 Å². The number of benzene rings is 1. The molecule has 158 valence electrons. The van der Waals surface area contributed by atoms with Gasteiger partial charge in [-0.1, -0.05) is 44.2 Å². The first-order valence-electron chi connectivity index (χ1n) is 12.1. The number of fused-ring (bicyclic) bond motifs is 5. The highest BCUT2D eigenvalue weighted by molar-refractivity contribution is 5.79. The van der Waals surface area contributed by atoms with Crippen molar-refractivity contribution in [2.45, 2.75) is 90.1 Å². The lowest BCUT2D eigenvalue weighted by Crippen LogP contribution is -2.56. The molecule has 0 heterocycles. The van der Waals surface area contributed by atoms with Gasteiger partial charge in [0.1, 0.15) is 5.78 Å². The second-order valence-electron chi connectivity index (χ2n) is 11.4. The third kappa shape index (κ3) is 2.96. The Morgan fingerprint density at radius 3 is 2.52 bits per heavy atom. The van der Waals surface area contributed by atoms with Crippen LogP contribution in [0.1, 0.15) is 83.6 Å². The highest BCUT2D eigenvalue weighted by Gasteiger charge is 2.64. The third-order valence-corrected chi connectivity index (χ3v) is 10.5. The van der Waals surface area contributed by atoms with Gasteiger partial charge in [0.25, 0.3) is 0 Å². The molecule has 0 saturated heterocycles. The Bertz CT molecular complexity index is 772. The lowest BCUT2D eigenvalue weighted by molar-refractivity contribution is -0.158. The lowest BCUT2D eigenvalue weighted by atomic mass is 9.44. The van der Waals surface area contributed by atoms with Gasteiger partial charge in [0.2, 0.25) is 0 Å². The van der Waals surface area contributed by atoms with Crippen molar-refractivity contribution in [3.63, 3.8) is 0 Å². The lowest BCUT2D eigenvalue weighted by Gasteiger charge is -2.61. The highest BCUT2D eigenvalue weighted by Crippen LogP contribution is 2.68. The number of carbonyl (C=O) groups is 1. The maximum atomic E-state index is 12.1. The first-order chi connectivity index (χ1) is 13.9. The van der Waals surface area contributed by atoms with Gasteiger partial charge in [0, 0.05) is 12.8 Å². The van der Waals surface area contributed by atoms with Crippen molar-refractivity contribution in [2.75, 3.05) is 0 Å². The van der Waals surface area contributed by atoms with E-state index in [1.807, 2.05) is 0 Å². The second-order valence-corrected chi connectivity index (χ2v) is 11.4. The molecule has 1 aromatic rings. The number of aliphatic hydroxyl groups is 1. The van der Waals surface area contributed by atoms with Crippen LogP contribution in [-0.4, -0.2) is 16.5 Å². The molecule has 4 fully saturated rings. The maximum Gasteiger partial charge on any atom is 0.133 e. The summed E-state index contributed by atoms with van der Waals surface area (Å²) < 4.78 is 0. The molecule has 1 aromatic carbocycles. The van der Waals surface area contributed by atoms with Gasteiger partial charge in [-0.15, -0.1) is 0 Å². The van der Waals surface area contributed by atoms with Gasteiger partial charge in [-0.3, -0.25) is 4.79 Å². The standard InChI is InChI=1S/C27H38O2/c1-25-14-11-21(28)18-20(25)8-9-22-23(25)12-15-26(2)24(22)13-17-27(26,29)16-10-19-6-4-3-5-7-19/h3-7,20,22-24,29H,8-18H2,1-2H3/t20-,22-,23+,24-,25+,26-,27-/m1/s1. The van der Waals surface area contributed by atoms with Crippen molar-refractivity contribution in [2.24, 2.45) is 34.5 Å². The Balaban J connectivity index is 1.36. The van der Waals surface area contributed by atoms with Crippen LogP contribution in [0.15, 0.2) is 30.3 Å². The largest absolute Gasteiger partial charge is 0.389 e. The Hall–Kier alpha value is -1.15. The van der Waals surface area contributed by atoms with E-state index in [0.717, 1.165) is 50.4 Å². The van der Waals surface area contributed by atoms with Gasteiger partial charge in [-0.05, 0) is 97.9 Å². The normalized spacial score (nSPS) is 46.7. The molecule has 7 atom stereocenters. The smallest absolute Gasteiger partial charge is 0.133 e. The molecule has 0 amide bonds. The SMILES string of the molecule is C[C@]12CCC(=O)C[C@H]1CC[C@H]1[C@H]3CC[C@](O)(CCc4ccccc4)[C@]3(C)CC[C@@H]12. The van der Waals surface area contributed by atoms with Gasteiger partial charge in [0.15, 0.2) is 0 Å². The van der Waals surface area contributed by atoms with E-state index >= 15 is 0 Å². The molecule has 5 rings (SSSR count). The zero-order chi connectivity index (χ0) is 20.3.